The van der Waals surface area contributed by atoms with Crippen LogP contribution in [0.2, 0.25) is 0 Å². The number of benzene rings is 2. The third kappa shape index (κ3) is 3.85. The van der Waals surface area contributed by atoms with Crippen molar-refractivity contribution in [3.05, 3.63) is 64.7 Å². The summed E-state index contributed by atoms with van der Waals surface area (Å²) >= 11 is 0. The van der Waals surface area contributed by atoms with E-state index in [4.69, 9.17) is 4.74 Å². The van der Waals surface area contributed by atoms with Gasteiger partial charge in [0.15, 0.2) is 0 Å². The first-order chi connectivity index (χ1) is 14.4. The highest BCUT2D eigenvalue weighted by atomic mass is 32.2. The van der Waals surface area contributed by atoms with Gasteiger partial charge in [-0.05, 0) is 55.2 Å². The van der Waals surface area contributed by atoms with Crippen LogP contribution in [0.25, 0.3) is 10.9 Å². The molecule has 1 aliphatic heterocycles. The second-order valence-corrected chi connectivity index (χ2v) is 9.61. The molecule has 2 aromatic carbocycles. The molecule has 1 atom stereocenters. The standard InChI is InChI=1S/C22H25N3O4S/c1-15(21-23-20-6-4-3-5-19(20)22(26)24-21)16-11-13-25(14-12-16)30(27,28)18-9-7-17(29-2)8-10-18/h3-10,15-16H,11-14H2,1-2H3,(H,23,24,26). The first kappa shape index (κ1) is 20.6. The van der Waals surface area contributed by atoms with E-state index in [0.717, 1.165) is 0 Å². The van der Waals surface area contributed by atoms with Crippen molar-refractivity contribution in [2.24, 2.45) is 5.92 Å². The minimum absolute atomic E-state index is 0.0353. The molecule has 7 nitrogen and oxygen atoms in total. The van der Waals surface area contributed by atoms with Crippen LogP contribution in [0, 0.1) is 5.92 Å². The first-order valence-corrected chi connectivity index (χ1v) is 11.5. The number of aromatic amines is 1. The second-order valence-electron chi connectivity index (χ2n) is 7.67. The van der Waals surface area contributed by atoms with Gasteiger partial charge in [-0.1, -0.05) is 19.1 Å². The Bertz CT molecular complexity index is 1200. The number of aromatic nitrogens is 2. The van der Waals surface area contributed by atoms with Crippen LogP contribution in [0.4, 0.5) is 0 Å². The van der Waals surface area contributed by atoms with E-state index in [1.54, 1.807) is 37.4 Å². The fourth-order valence-corrected chi connectivity index (χ4v) is 5.53. The zero-order chi connectivity index (χ0) is 21.3. The third-order valence-electron chi connectivity index (χ3n) is 5.97. The van der Waals surface area contributed by atoms with Crippen LogP contribution in [0.5, 0.6) is 5.75 Å². The number of sulfonamides is 1. The van der Waals surface area contributed by atoms with Gasteiger partial charge in [0.2, 0.25) is 10.0 Å². The van der Waals surface area contributed by atoms with Gasteiger partial charge in [0, 0.05) is 19.0 Å². The van der Waals surface area contributed by atoms with Crippen LogP contribution >= 0.6 is 0 Å². The Kier molecular flexibility index (Phi) is 5.62. The summed E-state index contributed by atoms with van der Waals surface area (Å²) < 4.78 is 32.5. The van der Waals surface area contributed by atoms with E-state index in [1.807, 2.05) is 25.1 Å². The molecule has 3 aromatic rings. The lowest BCUT2D eigenvalue weighted by Crippen LogP contribution is -2.39. The van der Waals surface area contributed by atoms with Crippen LogP contribution in [-0.4, -0.2) is 42.9 Å². The summed E-state index contributed by atoms with van der Waals surface area (Å²) in [5.74, 6) is 1.57. The second kappa shape index (κ2) is 8.20. The highest BCUT2D eigenvalue weighted by molar-refractivity contribution is 7.89. The maximum absolute atomic E-state index is 12.9. The zero-order valence-electron chi connectivity index (χ0n) is 17.0. The van der Waals surface area contributed by atoms with Crippen molar-refractivity contribution >= 4 is 20.9 Å². The van der Waals surface area contributed by atoms with Crippen LogP contribution < -0.4 is 10.3 Å². The lowest BCUT2D eigenvalue weighted by molar-refractivity contribution is 0.246. The van der Waals surface area contributed by atoms with Crippen molar-refractivity contribution in [3.63, 3.8) is 0 Å². The molecule has 1 saturated heterocycles. The molecule has 1 aromatic heterocycles. The Labute approximate surface area is 175 Å². The molecule has 4 rings (SSSR count). The van der Waals surface area contributed by atoms with Crippen molar-refractivity contribution in [1.29, 1.82) is 0 Å². The number of hydrogen-bond acceptors (Lipinski definition) is 5. The minimum atomic E-state index is -3.53. The molecule has 2 heterocycles. The summed E-state index contributed by atoms with van der Waals surface area (Å²) in [7, 11) is -1.98. The summed E-state index contributed by atoms with van der Waals surface area (Å²) in [6, 6.07) is 13.8. The maximum atomic E-state index is 12.9. The maximum Gasteiger partial charge on any atom is 0.258 e. The number of para-hydroxylation sites is 1. The van der Waals surface area contributed by atoms with E-state index in [0.29, 0.717) is 48.4 Å². The van der Waals surface area contributed by atoms with E-state index < -0.39 is 10.0 Å². The highest BCUT2D eigenvalue weighted by Crippen LogP contribution is 2.33. The molecule has 8 heteroatoms. The summed E-state index contributed by atoms with van der Waals surface area (Å²) in [6.45, 7) is 2.94. The zero-order valence-corrected chi connectivity index (χ0v) is 17.9. The van der Waals surface area contributed by atoms with Crippen molar-refractivity contribution in [2.75, 3.05) is 20.2 Å². The van der Waals surface area contributed by atoms with Gasteiger partial charge in [0.05, 0.1) is 22.9 Å². The van der Waals surface area contributed by atoms with Gasteiger partial charge in [-0.25, -0.2) is 13.4 Å². The Morgan fingerprint density at radius 3 is 2.43 bits per heavy atom. The normalized spacial score (nSPS) is 17.1. The lowest BCUT2D eigenvalue weighted by atomic mass is 9.85. The fraction of sp³-hybridized carbons (Fsp3) is 0.364. The van der Waals surface area contributed by atoms with Gasteiger partial charge in [0.25, 0.3) is 5.56 Å². The molecule has 0 radical (unpaired) electrons. The van der Waals surface area contributed by atoms with Crippen molar-refractivity contribution in [3.8, 4) is 5.75 Å². The van der Waals surface area contributed by atoms with Crippen LogP contribution in [0.15, 0.2) is 58.2 Å². The average Bonchev–Trinajstić information content (AvgIpc) is 2.78. The molecule has 0 saturated carbocycles. The molecule has 158 valence electrons. The average molecular weight is 428 g/mol. The van der Waals surface area contributed by atoms with Gasteiger partial charge in [0.1, 0.15) is 11.6 Å². The third-order valence-corrected chi connectivity index (χ3v) is 7.88. The number of rotatable bonds is 5. The molecule has 1 N–H and O–H groups in total. The summed E-state index contributed by atoms with van der Waals surface area (Å²) in [6.07, 6.45) is 1.43. The predicted molar refractivity (Wildman–Crippen MR) is 115 cm³/mol. The molecule has 0 bridgehead atoms. The van der Waals surface area contributed by atoms with Gasteiger partial charge < -0.3 is 9.72 Å². The molecule has 1 unspecified atom stereocenters. The van der Waals surface area contributed by atoms with E-state index in [9.17, 15) is 13.2 Å². The number of H-pyrrole nitrogens is 1. The number of ether oxygens (including phenoxy) is 1. The molecule has 30 heavy (non-hydrogen) atoms. The molecule has 1 fully saturated rings. The topological polar surface area (TPSA) is 92.4 Å². The van der Waals surface area contributed by atoms with Crippen LogP contribution in [-0.2, 0) is 10.0 Å². The van der Waals surface area contributed by atoms with Crippen LogP contribution in [0.3, 0.4) is 0 Å². The number of nitrogens with one attached hydrogen (secondary N) is 1. The number of hydrogen-bond donors (Lipinski definition) is 1. The van der Waals surface area contributed by atoms with Gasteiger partial charge in [-0.3, -0.25) is 4.79 Å². The summed E-state index contributed by atoms with van der Waals surface area (Å²) in [5, 5.41) is 0.578. The van der Waals surface area contributed by atoms with E-state index in [2.05, 4.69) is 9.97 Å². The summed E-state index contributed by atoms with van der Waals surface area (Å²) in [5.41, 5.74) is 0.546. The first-order valence-electron chi connectivity index (χ1n) is 10.0. The van der Waals surface area contributed by atoms with Crippen LogP contribution in [0.1, 0.15) is 31.5 Å². The largest absolute Gasteiger partial charge is 0.497 e. The molecular formula is C22H25N3O4S. The predicted octanol–water partition coefficient (Wildman–Crippen LogP) is 3.14. The molecule has 0 amide bonds. The van der Waals surface area contributed by atoms with Gasteiger partial charge in [-0.15, -0.1) is 0 Å². The van der Waals surface area contributed by atoms with Crippen molar-refractivity contribution < 1.29 is 13.2 Å². The highest BCUT2D eigenvalue weighted by Gasteiger charge is 2.32. The number of fused-ring (bicyclic) bond motifs is 1. The smallest absolute Gasteiger partial charge is 0.258 e. The fourth-order valence-electron chi connectivity index (χ4n) is 4.06. The molecule has 0 aliphatic carbocycles. The number of nitrogens with zero attached hydrogens (tertiary/aromatic N) is 2. The van der Waals surface area contributed by atoms with Gasteiger partial charge in [-0.2, -0.15) is 4.31 Å². The lowest BCUT2D eigenvalue weighted by Gasteiger charge is -2.33. The number of methoxy groups -OCH3 is 1. The Hall–Kier alpha value is -2.71. The van der Waals surface area contributed by atoms with Crippen molar-refractivity contribution in [2.45, 2.75) is 30.6 Å². The molecular weight excluding hydrogens is 402 g/mol. The Morgan fingerprint density at radius 1 is 1.10 bits per heavy atom. The molecule has 1 aliphatic rings. The van der Waals surface area contributed by atoms with Crippen molar-refractivity contribution in [1.82, 2.24) is 14.3 Å². The van der Waals surface area contributed by atoms with E-state index >= 15 is 0 Å². The molecule has 0 spiro atoms. The Morgan fingerprint density at radius 2 is 1.77 bits per heavy atom. The van der Waals surface area contributed by atoms with E-state index in [1.165, 1.54) is 4.31 Å². The number of piperidine rings is 1. The van der Waals surface area contributed by atoms with Gasteiger partial charge >= 0.3 is 0 Å². The quantitative estimate of drug-likeness (QED) is 0.675. The van der Waals surface area contributed by atoms with E-state index in [-0.39, 0.29) is 22.3 Å². The Balaban J connectivity index is 1.48. The monoisotopic (exact) mass is 427 g/mol. The minimum Gasteiger partial charge on any atom is -0.497 e. The SMILES string of the molecule is COc1ccc(S(=O)(=O)N2CCC(C(C)c3nc4ccccc4c(=O)[nH]3)CC2)cc1. The summed E-state index contributed by atoms with van der Waals surface area (Å²) in [4.78, 5) is 20.2.